The molecule has 138 valence electrons. The van der Waals surface area contributed by atoms with Crippen molar-refractivity contribution in [3.8, 4) is 16.9 Å². The highest BCUT2D eigenvalue weighted by atomic mass is 16.5. The van der Waals surface area contributed by atoms with Gasteiger partial charge in [0.05, 0.1) is 7.11 Å². The zero-order valence-electron chi connectivity index (χ0n) is 15.6. The van der Waals surface area contributed by atoms with Crippen molar-refractivity contribution >= 4 is 5.91 Å². The van der Waals surface area contributed by atoms with Crippen LogP contribution in [0.5, 0.6) is 5.75 Å². The van der Waals surface area contributed by atoms with E-state index in [9.17, 15) is 9.59 Å². The number of pyridine rings is 1. The van der Waals surface area contributed by atoms with E-state index in [-0.39, 0.29) is 18.0 Å². The fourth-order valence-corrected chi connectivity index (χ4v) is 3.00. The van der Waals surface area contributed by atoms with Crippen molar-refractivity contribution in [3.63, 3.8) is 0 Å². The normalized spacial score (nSPS) is 10.5. The van der Waals surface area contributed by atoms with Gasteiger partial charge in [0.1, 0.15) is 5.75 Å². The van der Waals surface area contributed by atoms with E-state index in [1.165, 1.54) is 0 Å². The second kappa shape index (κ2) is 7.91. The molecule has 0 radical (unpaired) electrons. The molecule has 0 aliphatic rings. The molecule has 2 aromatic carbocycles. The Morgan fingerprint density at radius 1 is 1.04 bits per heavy atom. The second-order valence-electron chi connectivity index (χ2n) is 6.44. The molecule has 0 atom stereocenters. The Bertz CT molecular complexity index is 1020. The minimum Gasteiger partial charge on any atom is -0.497 e. The molecule has 0 aliphatic heterocycles. The quantitative estimate of drug-likeness (QED) is 0.728. The lowest BCUT2D eigenvalue weighted by atomic mass is 10.0. The Hall–Kier alpha value is -3.34. The Labute approximate surface area is 158 Å². The molecule has 0 spiro atoms. The number of carbonyl (C=O) groups excluding carboxylic acids is 1. The third-order valence-corrected chi connectivity index (χ3v) is 4.47. The molecule has 1 heterocycles. The molecule has 0 bridgehead atoms. The smallest absolute Gasteiger partial charge is 0.253 e. The summed E-state index contributed by atoms with van der Waals surface area (Å²) in [6.45, 7) is 3.89. The van der Waals surface area contributed by atoms with Crippen LogP contribution in [0.2, 0.25) is 0 Å². The highest BCUT2D eigenvalue weighted by molar-refractivity contribution is 5.95. The molecule has 0 aliphatic carbocycles. The number of H-pyrrole nitrogens is 1. The van der Waals surface area contributed by atoms with Crippen LogP contribution in [-0.4, -0.2) is 18.0 Å². The molecule has 0 saturated carbocycles. The van der Waals surface area contributed by atoms with Crippen LogP contribution in [-0.2, 0) is 6.54 Å². The Morgan fingerprint density at radius 2 is 1.78 bits per heavy atom. The predicted molar refractivity (Wildman–Crippen MR) is 106 cm³/mol. The van der Waals surface area contributed by atoms with Gasteiger partial charge in [-0.3, -0.25) is 9.59 Å². The molecule has 0 fully saturated rings. The number of amides is 1. The number of hydrogen-bond donors (Lipinski definition) is 2. The van der Waals surface area contributed by atoms with E-state index in [4.69, 9.17) is 4.74 Å². The van der Waals surface area contributed by atoms with Gasteiger partial charge in [-0.25, -0.2) is 0 Å². The molecule has 1 amide bonds. The largest absolute Gasteiger partial charge is 0.497 e. The maximum absolute atomic E-state index is 12.5. The average Bonchev–Trinajstić information content (AvgIpc) is 2.67. The molecule has 0 unspecified atom stereocenters. The maximum atomic E-state index is 12.5. The number of aromatic amines is 1. The van der Waals surface area contributed by atoms with Gasteiger partial charge in [-0.05, 0) is 60.9 Å². The molecule has 5 heteroatoms. The first-order valence-corrected chi connectivity index (χ1v) is 8.70. The lowest BCUT2D eigenvalue weighted by Gasteiger charge is -2.09. The number of ether oxygens (including phenoxy) is 1. The number of carbonyl (C=O) groups is 1. The van der Waals surface area contributed by atoms with E-state index in [1.54, 1.807) is 13.2 Å². The fourth-order valence-electron chi connectivity index (χ4n) is 3.00. The standard InChI is InChI=1S/C22H22N2O3/c1-14-11-15(2)24-22(26)20(14)13-23-21(25)18-6-4-5-17(12-18)16-7-9-19(27-3)10-8-16/h4-12H,13H2,1-3H3,(H,23,25)(H,24,26). The molecule has 5 nitrogen and oxygen atoms in total. The molecule has 3 aromatic rings. The topological polar surface area (TPSA) is 71.2 Å². The zero-order chi connectivity index (χ0) is 19.4. The van der Waals surface area contributed by atoms with Crippen LogP contribution in [0.4, 0.5) is 0 Å². The number of methoxy groups -OCH3 is 1. The van der Waals surface area contributed by atoms with Crippen LogP contribution in [0.15, 0.2) is 59.4 Å². The van der Waals surface area contributed by atoms with Gasteiger partial charge in [-0.1, -0.05) is 24.3 Å². The third-order valence-electron chi connectivity index (χ3n) is 4.47. The van der Waals surface area contributed by atoms with Crippen LogP contribution in [0.1, 0.15) is 27.2 Å². The number of aryl methyl sites for hydroxylation is 2. The molecule has 1 aromatic heterocycles. The first kappa shape index (κ1) is 18.5. The van der Waals surface area contributed by atoms with Crippen LogP contribution in [0.3, 0.4) is 0 Å². The van der Waals surface area contributed by atoms with Crippen molar-refractivity contribution in [2.24, 2.45) is 0 Å². The van der Waals surface area contributed by atoms with Gasteiger partial charge in [0.2, 0.25) is 0 Å². The average molecular weight is 362 g/mol. The van der Waals surface area contributed by atoms with E-state index >= 15 is 0 Å². The summed E-state index contributed by atoms with van der Waals surface area (Å²) in [5, 5.41) is 2.83. The van der Waals surface area contributed by atoms with Crippen LogP contribution < -0.4 is 15.6 Å². The van der Waals surface area contributed by atoms with Gasteiger partial charge >= 0.3 is 0 Å². The molecule has 2 N–H and O–H groups in total. The summed E-state index contributed by atoms with van der Waals surface area (Å²) >= 11 is 0. The van der Waals surface area contributed by atoms with E-state index in [0.29, 0.717) is 11.1 Å². The third kappa shape index (κ3) is 4.26. The first-order valence-electron chi connectivity index (χ1n) is 8.70. The minimum atomic E-state index is -0.218. The highest BCUT2D eigenvalue weighted by Crippen LogP contribution is 2.23. The molecular weight excluding hydrogens is 340 g/mol. The molecular formula is C22H22N2O3. The maximum Gasteiger partial charge on any atom is 0.253 e. The Balaban J connectivity index is 1.77. The Kier molecular flexibility index (Phi) is 5.41. The van der Waals surface area contributed by atoms with Crippen molar-refractivity contribution in [3.05, 3.63) is 87.3 Å². The van der Waals surface area contributed by atoms with Gasteiger partial charge in [-0.15, -0.1) is 0 Å². The van der Waals surface area contributed by atoms with E-state index in [2.05, 4.69) is 10.3 Å². The number of benzene rings is 2. The van der Waals surface area contributed by atoms with Crippen molar-refractivity contribution in [2.75, 3.05) is 7.11 Å². The predicted octanol–water partition coefficient (Wildman–Crippen LogP) is 3.60. The van der Waals surface area contributed by atoms with Gasteiger partial charge in [0.25, 0.3) is 11.5 Å². The van der Waals surface area contributed by atoms with Crippen LogP contribution >= 0.6 is 0 Å². The second-order valence-corrected chi connectivity index (χ2v) is 6.44. The van der Waals surface area contributed by atoms with Gasteiger partial charge in [0, 0.05) is 23.4 Å². The summed E-state index contributed by atoms with van der Waals surface area (Å²) in [4.78, 5) is 27.4. The molecule has 3 rings (SSSR count). The highest BCUT2D eigenvalue weighted by Gasteiger charge is 2.10. The van der Waals surface area contributed by atoms with Crippen molar-refractivity contribution in [1.29, 1.82) is 0 Å². The van der Waals surface area contributed by atoms with Gasteiger partial charge < -0.3 is 15.0 Å². The van der Waals surface area contributed by atoms with Crippen molar-refractivity contribution in [2.45, 2.75) is 20.4 Å². The zero-order valence-corrected chi connectivity index (χ0v) is 15.6. The number of nitrogens with one attached hydrogen (secondary N) is 2. The molecule has 0 saturated heterocycles. The number of rotatable bonds is 5. The van der Waals surface area contributed by atoms with E-state index in [1.807, 2.05) is 62.4 Å². The SMILES string of the molecule is COc1ccc(-c2cccc(C(=O)NCc3c(C)cc(C)[nH]c3=O)c2)cc1. The summed E-state index contributed by atoms with van der Waals surface area (Å²) in [7, 11) is 1.63. The lowest BCUT2D eigenvalue weighted by molar-refractivity contribution is 0.0951. The van der Waals surface area contributed by atoms with Crippen LogP contribution in [0.25, 0.3) is 11.1 Å². The lowest BCUT2D eigenvalue weighted by Crippen LogP contribution is -2.27. The fraction of sp³-hybridized carbons (Fsp3) is 0.182. The summed E-state index contributed by atoms with van der Waals surface area (Å²) in [6.07, 6.45) is 0. The Morgan fingerprint density at radius 3 is 2.44 bits per heavy atom. The van der Waals surface area contributed by atoms with Gasteiger partial charge in [0.15, 0.2) is 0 Å². The van der Waals surface area contributed by atoms with E-state index in [0.717, 1.165) is 28.1 Å². The summed E-state index contributed by atoms with van der Waals surface area (Å²) in [6, 6.07) is 17.0. The van der Waals surface area contributed by atoms with Crippen molar-refractivity contribution < 1.29 is 9.53 Å². The first-order chi connectivity index (χ1) is 13.0. The van der Waals surface area contributed by atoms with E-state index < -0.39 is 0 Å². The van der Waals surface area contributed by atoms with Crippen LogP contribution in [0, 0.1) is 13.8 Å². The summed E-state index contributed by atoms with van der Waals surface area (Å²) < 4.78 is 5.18. The summed E-state index contributed by atoms with van der Waals surface area (Å²) in [5.41, 5.74) is 4.55. The molecule has 27 heavy (non-hydrogen) atoms. The van der Waals surface area contributed by atoms with Gasteiger partial charge in [-0.2, -0.15) is 0 Å². The summed E-state index contributed by atoms with van der Waals surface area (Å²) in [5.74, 6) is 0.566. The number of hydrogen-bond acceptors (Lipinski definition) is 3. The number of aromatic nitrogens is 1. The minimum absolute atomic E-state index is 0.167. The van der Waals surface area contributed by atoms with Crippen molar-refractivity contribution in [1.82, 2.24) is 10.3 Å². The monoisotopic (exact) mass is 362 g/mol.